The zero-order valence-electron chi connectivity index (χ0n) is 11.8. The van der Waals surface area contributed by atoms with Gasteiger partial charge in [-0.25, -0.2) is 0 Å². The molecule has 0 aliphatic heterocycles. The lowest BCUT2D eigenvalue weighted by atomic mass is 10.1. The minimum atomic E-state index is 0.775. The molecule has 0 spiro atoms. The van der Waals surface area contributed by atoms with Gasteiger partial charge in [0.1, 0.15) is 0 Å². The molecule has 0 unspecified atom stereocenters. The van der Waals surface area contributed by atoms with Crippen molar-refractivity contribution in [3.63, 3.8) is 0 Å². The van der Waals surface area contributed by atoms with Gasteiger partial charge >= 0.3 is 0 Å². The molecule has 0 amide bonds. The van der Waals surface area contributed by atoms with Crippen LogP contribution in [0.25, 0.3) is 38.1 Å². The maximum Gasteiger partial charge on any atom is 0.0547 e. The quantitative estimate of drug-likeness (QED) is 0.307. The maximum atomic E-state index is 6.17. The molecule has 0 aliphatic rings. The van der Waals surface area contributed by atoms with Crippen LogP contribution in [0, 0.1) is 0 Å². The molecular formula is C20H12ClN. The van der Waals surface area contributed by atoms with Crippen LogP contribution >= 0.6 is 11.6 Å². The molecule has 0 N–H and O–H groups in total. The van der Waals surface area contributed by atoms with Crippen molar-refractivity contribution in [2.45, 2.75) is 0 Å². The molecule has 0 atom stereocenters. The predicted octanol–water partition coefficient (Wildman–Crippen LogP) is 6.05. The third-order valence-electron chi connectivity index (χ3n) is 4.40. The molecule has 0 saturated carbocycles. The van der Waals surface area contributed by atoms with Crippen LogP contribution in [0.4, 0.5) is 0 Å². The Morgan fingerprint density at radius 2 is 1.27 bits per heavy atom. The van der Waals surface area contributed by atoms with Crippen molar-refractivity contribution in [3.8, 4) is 0 Å². The molecular weight excluding hydrogens is 290 g/mol. The number of nitrogens with zero attached hydrogens (tertiary/aromatic N) is 1. The van der Waals surface area contributed by atoms with E-state index in [1.165, 1.54) is 38.1 Å². The molecule has 3 aromatic carbocycles. The van der Waals surface area contributed by atoms with Gasteiger partial charge < -0.3 is 4.40 Å². The summed E-state index contributed by atoms with van der Waals surface area (Å²) in [6.45, 7) is 0. The first-order valence-corrected chi connectivity index (χ1v) is 7.71. The molecule has 0 radical (unpaired) electrons. The number of aromatic nitrogens is 1. The standard InChI is InChI=1S/C20H12ClN/c21-14-9-10-18-13(11-14)12-20-17-7-2-1-5-15(17)16-6-3-4-8-19(16)22(18)20/h1-12H. The fourth-order valence-corrected chi connectivity index (χ4v) is 3.66. The number of hydrogen-bond acceptors (Lipinski definition) is 0. The number of benzene rings is 3. The summed E-state index contributed by atoms with van der Waals surface area (Å²) in [5.74, 6) is 0. The van der Waals surface area contributed by atoms with Gasteiger partial charge in [-0.2, -0.15) is 0 Å². The molecule has 2 aromatic heterocycles. The number of rotatable bonds is 0. The predicted molar refractivity (Wildman–Crippen MR) is 94.9 cm³/mol. The number of hydrogen-bond donors (Lipinski definition) is 0. The van der Waals surface area contributed by atoms with Crippen LogP contribution in [0.15, 0.2) is 72.8 Å². The van der Waals surface area contributed by atoms with Crippen molar-refractivity contribution < 1.29 is 0 Å². The number of pyridine rings is 1. The number of halogens is 1. The highest BCUT2D eigenvalue weighted by Gasteiger charge is 2.11. The van der Waals surface area contributed by atoms with E-state index in [-0.39, 0.29) is 0 Å². The Morgan fingerprint density at radius 3 is 2.09 bits per heavy atom. The summed E-state index contributed by atoms with van der Waals surface area (Å²) in [5, 5.41) is 5.79. The van der Waals surface area contributed by atoms with Crippen molar-refractivity contribution in [2.24, 2.45) is 0 Å². The van der Waals surface area contributed by atoms with Crippen LogP contribution in [0.5, 0.6) is 0 Å². The van der Waals surface area contributed by atoms with Gasteiger partial charge in [-0.1, -0.05) is 54.1 Å². The summed E-state index contributed by atoms with van der Waals surface area (Å²) in [5.41, 5.74) is 3.65. The average Bonchev–Trinajstić information content (AvgIpc) is 2.94. The normalized spacial score (nSPS) is 11.9. The minimum absolute atomic E-state index is 0.775. The molecule has 5 aromatic rings. The molecule has 0 fully saturated rings. The number of fused-ring (bicyclic) bond motifs is 8. The average molecular weight is 302 g/mol. The van der Waals surface area contributed by atoms with E-state index in [0.717, 1.165) is 5.02 Å². The smallest absolute Gasteiger partial charge is 0.0547 e. The molecule has 1 nitrogen and oxygen atoms in total. The Labute approximate surface area is 132 Å². The van der Waals surface area contributed by atoms with Gasteiger partial charge in [-0.3, -0.25) is 0 Å². The van der Waals surface area contributed by atoms with E-state index in [1.807, 2.05) is 12.1 Å². The summed E-state index contributed by atoms with van der Waals surface area (Å²) in [7, 11) is 0. The molecule has 0 aliphatic carbocycles. The van der Waals surface area contributed by atoms with E-state index >= 15 is 0 Å². The lowest BCUT2D eigenvalue weighted by Crippen LogP contribution is -1.90. The molecule has 2 heteroatoms. The zero-order chi connectivity index (χ0) is 14.7. The van der Waals surface area contributed by atoms with Gasteiger partial charge in [0, 0.05) is 21.2 Å². The van der Waals surface area contributed by atoms with Gasteiger partial charge in [0.25, 0.3) is 0 Å². The number of para-hydroxylation sites is 1. The first kappa shape index (κ1) is 12.1. The molecule has 5 rings (SSSR count). The Morgan fingerprint density at radius 1 is 0.591 bits per heavy atom. The molecule has 0 saturated heterocycles. The van der Waals surface area contributed by atoms with Crippen molar-refractivity contribution in [2.75, 3.05) is 0 Å². The van der Waals surface area contributed by atoms with Crippen LogP contribution < -0.4 is 0 Å². The SMILES string of the molecule is Clc1ccc2c(c1)cc1c3ccccc3c3ccccc3n21. The second kappa shape index (κ2) is 4.25. The van der Waals surface area contributed by atoms with Crippen molar-refractivity contribution >= 4 is 49.7 Å². The third-order valence-corrected chi connectivity index (χ3v) is 4.64. The van der Waals surface area contributed by atoms with E-state index in [2.05, 4.69) is 65.1 Å². The van der Waals surface area contributed by atoms with Gasteiger partial charge in [0.15, 0.2) is 0 Å². The van der Waals surface area contributed by atoms with Crippen LogP contribution in [0.3, 0.4) is 0 Å². The summed E-state index contributed by atoms with van der Waals surface area (Å²) in [6, 6.07) is 25.5. The monoisotopic (exact) mass is 301 g/mol. The highest BCUT2D eigenvalue weighted by Crippen LogP contribution is 2.34. The van der Waals surface area contributed by atoms with Crippen molar-refractivity contribution in [1.29, 1.82) is 0 Å². The minimum Gasteiger partial charge on any atom is -0.309 e. The first-order chi connectivity index (χ1) is 10.8. The van der Waals surface area contributed by atoms with E-state index in [4.69, 9.17) is 11.6 Å². The van der Waals surface area contributed by atoms with E-state index in [9.17, 15) is 0 Å². The highest BCUT2D eigenvalue weighted by molar-refractivity contribution is 6.31. The summed E-state index contributed by atoms with van der Waals surface area (Å²) in [6.07, 6.45) is 0. The van der Waals surface area contributed by atoms with Crippen LogP contribution in [-0.4, -0.2) is 4.40 Å². The fraction of sp³-hybridized carbons (Fsp3) is 0. The summed E-state index contributed by atoms with van der Waals surface area (Å²) >= 11 is 6.17. The van der Waals surface area contributed by atoms with E-state index < -0.39 is 0 Å². The molecule has 104 valence electrons. The Hall–Kier alpha value is -2.51. The Kier molecular flexibility index (Phi) is 2.33. The Balaban J connectivity index is 2.21. The summed E-state index contributed by atoms with van der Waals surface area (Å²) in [4.78, 5) is 0. The maximum absolute atomic E-state index is 6.17. The molecule has 0 bridgehead atoms. The zero-order valence-corrected chi connectivity index (χ0v) is 12.5. The molecule has 22 heavy (non-hydrogen) atoms. The van der Waals surface area contributed by atoms with Gasteiger partial charge in [-0.15, -0.1) is 0 Å². The topological polar surface area (TPSA) is 4.41 Å². The van der Waals surface area contributed by atoms with Crippen molar-refractivity contribution in [1.82, 2.24) is 4.40 Å². The van der Waals surface area contributed by atoms with Crippen LogP contribution in [-0.2, 0) is 0 Å². The van der Waals surface area contributed by atoms with Crippen LogP contribution in [0.2, 0.25) is 5.02 Å². The second-order valence-electron chi connectivity index (χ2n) is 5.63. The van der Waals surface area contributed by atoms with Gasteiger partial charge in [0.05, 0.1) is 16.6 Å². The lowest BCUT2D eigenvalue weighted by Gasteiger charge is -2.09. The highest BCUT2D eigenvalue weighted by atomic mass is 35.5. The summed E-state index contributed by atoms with van der Waals surface area (Å²) < 4.78 is 2.34. The van der Waals surface area contributed by atoms with E-state index in [1.54, 1.807) is 0 Å². The molecule has 2 heterocycles. The van der Waals surface area contributed by atoms with E-state index in [0.29, 0.717) is 0 Å². The van der Waals surface area contributed by atoms with Gasteiger partial charge in [-0.05, 0) is 35.7 Å². The largest absolute Gasteiger partial charge is 0.309 e. The van der Waals surface area contributed by atoms with Crippen LogP contribution in [0.1, 0.15) is 0 Å². The lowest BCUT2D eigenvalue weighted by molar-refractivity contribution is 1.35. The fourth-order valence-electron chi connectivity index (χ4n) is 3.48. The third kappa shape index (κ3) is 1.49. The first-order valence-electron chi connectivity index (χ1n) is 7.33. The Bertz CT molecular complexity index is 1180. The second-order valence-corrected chi connectivity index (χ2v) is 6.07. The van der Waals surface area contributed by atoms with Crippen molar-refractivity contribution in [3.05, 3.63) is 77.8 Å². The van der Waals surface area contributed by atoms with Gasteiger partial charge in [0.2, 0.25) is 0 Å².